The number of amides is 2. The van der Waals surface area contributed by atoms with Crippen LogP contribution in [0.2, 0.25) is 0 Å². The first kappa shape index (κ1) is 22.5. The molecule has 2 aromatic rings. The molecule has 5 heteroatoms. The minimum absolute atomic E-state index is 0.0475. The Balaban J connectivity index is 1.22. The lowest BCUT2D eigenvalue weighted by Crippen LogP contribution is -2.44. The van der Waals surface area contributed by atoms with Crippen LogP contribution in [0.3, 0.4) is 0 Å². The fourth-order valence-electron chi connectivity index (χ4n) is 4.91. The smallest absolute Gasteiger partial charge is 0.226 e. The van der Waals surface area contributed by atoms with Gasteiger partial charge >= 0.3 is 0 Å². The van der Waals surface area contributed by atoms with E-state index in [0.29, 0.717) is 12.3 Å². The molecule has 1 saturated heterocycles. The average molecular weight is 434 g/mol. The maximum atomic E-state index is 13.2. The van der Waals surface area contributed by atoms with E-state index >= 15 is 0 Å². The summed E-state index contributed by atoms with van der Waals surface area (Å²) in [5.41, 5.74) is 7.34. The molecule has 0 atom stereocenters. The second kappa shape index (κ2) is 9.86. The number of hydrogen-bond acceptors (Lipinski definition) is 3. The number of fused-ring (bicyclic) bond motifs is 1. The molecule has 2 amide bonds. The fraction of sp³-hybridized carbons (Fsp3) is 0.481. The standard InChI is InChI=1S/C27H35N3O2/c1-19-5-4-6-25(15-19)28-26(31)10-13-29-11-7-22(8-12-29)27(32)30-14-9-23-16-20(2)21(3)17-24(23)18-30/h4-6,15-17,22H,7-14,18H2,1-3H3,(H,28,31). The van der Waals surface area contributed by atoms with Gasteiger partial charge in [0.2, 0.25) is 11.8 Å². The molecule has 0 radical (unpaired) electrons. The van der Waals surface area contributed by atoms with Crippen molar-refractivity contribution >= 4 is 17.5 Å². The summed E-state index contributed by atoms with van der Waals surface area (Å²) in [5.74, 6) is 0.470. The topological polar surface area (TPSA) is 52.7 Å². The quantitative estimate of drug-likeness (QED) is 0.767. The molecule has 0 aliphatic carbocycles. The minimum atomic E-state index is 0.0475. The minimum Gasteiger partial charge on any atom is -0.338 e. The lowest BCUT2D eigenvalue weighted by Gasteiger charge is -2.36. The van der Waals surface area contributed by atoms with E-state index in [4.69, 9.17) is 0 Å². The van der Waals surface area contributed by atoms with Crippen LogP contribution >= 0.6 is 0 Å². The average Bonchev–Trinajstić information content (AvgIpc) is 2.78. The molecule has 0 saturated carbocycles. The van der Waals surface area contributed by atoms with E-state index < -0.39 is 0 Å². The third-order valence-electron chi connectivity index (χ3n) is 7.03. The van der Waals surface area contributed by atoms with Gasteiger partial charge < -0.3 is 15.1 Å². The number of likely N-dealkylation sites (tertiary alicyclic amines) is 1. The third-order valence-corrected chi connectivity index (χ3v) is 7.03. The van der Waals surface area contributed by atoms with E-state index in [2.05, 4.69) is 41.1 Å². The van der Waals surface area contributed by atoms with E-state index in [1.165, 1.54) is 22.3 Å². The molecular formula is C27H35N3O2. The first-order valence-corrected chi connectivity index (χ1v) is 11.9. The van der Waals surface area contributed by atoms with Crippen LogP contribution in [0.25, 0.3) is 0 Å². The van der Waals surface area contributed by atoms with Crippen LogP contribution in [-0.4, -0.2) is 47.8 Å². The molecule has 0 aromatic heterocycles. The van der Waals surface area contributed by atoms with Crippen LogP contribution in [-0.2, 0) is 22.6 Å². The van der Waals surface area contributed by atoms with Crippen LogP contribution in [0.15, 0.2) is 36.4 Å². The van der Waals surface area contributed by atoms with Crippen molar-refractivity contribution in [2.75, 3.05) is 31.5 Å². The Morgan fingerprint density at radius 3 is 2.41 bits per heavy atom. The lowest BCUT2D eigenvalue weighted by molar-refractivity contribution is -0.138. The zero-order valence-electron chi connectivity index (χ0n) is 19.6. The molecule has 5 nitrogen and oxygen atoms in total. The van der Waals surface area contributed by atoms with Crippen LogP contribution < -0.4 is 5.32 Å². The van der Waals surface area contributed by atoms with Gasteiger partial charge in [0.05, 0.1) is 0 Å². The Morgan fingerprint density at radius 1 is 0.969 bits per heavy atom. The maximum Gasteiger partial charge on any atom is 0.226 e. The Hall–Kier alpha value is -2.66. The Kier molecular flexibility index (Phi) is 6.95. The number of nitrogens with zero attached hydrogens (tertiary/aromatic N) is 2. The first-order chi connectivity index (χ1) is 15.4. The van der Waals surface area contributed by atoms with Gasteiger partial charge in [-0.15, -0.1) is 0 Å². The van der Waals surface area contributed by atoms with Crippen molar-refractivity contribution in [3.63, 3.8) is 0 Å². The summed E-state index contributed by atoms with van der Waals surface area (Å²) in [6.07, 6.45) is 3.20. The highest BCUT2D eigenvalue weighted by atomic mass is 16.2. The lowest BCUT2D eigenvalue weighted by atomic mass is 9.91. The van der Waals surface area contributed by atoms with Crippen molar-refractivity contribution in [1.29, 1.82) is 0 Å². The summed E-state index contributed by atoms with van der Waals surface area (Å²) in [6.45, 7) is 10.4. The number of piperidine rings is 1. The highest BCUT2D eigenvalue weighted by Gasteiger charge is 2.30. The molecular weight excluding hydrogens is 398 g/mol. The Labute approximate surface area is 191 Å². The zero-order chi connectivity index (χ0) is 22.7. The van der Waals surface area contributed by atoms with Crippen molar-refractivity contribution in [1.82, 2.24) is 9.80 Å². The van der Waals surface area contributed by atoms with Gasteiger partial charge in [0.1, 0.15) is 0 Å². The predicted molar refractivity (Wildman–Crippen MR) is 129 cm³/mol. The van der Waals surface area contributed by atoms with E-state index in [-0.39, 0.29) is 11.8 Å². The van der Waals surface area contributed by atoms with Gasteiger partial charge in [-0.1, -0.05) is 24.3 Å². The number of nitrogens with one attached hydrogen (secondary N) is 1. The molecule has 1 fully saturated rings. The summed E-state index contributed by atoms with van der Waals surface area (Å²) in [6, 6.07) is 12.4. The number of rotatable bonds is 5. The molecule has 2 heterocycles. The van der Waals surface area contributed by atoms with Gasteiger partial charge in [-0.05, 0) is 93.1 Å². The third kappa shape index (κ3) is 5.39. The van der Waals surface area contributed by atoms with E-state index in [9.17, 15) is 9.59 Å². The number of carbonyl (C=O) groups is 2. The van der Waals surface area contributed by atoms with Gasteiger partial charge in [0.25, 0.3) is 0 Å². The SMILES string of the molecule is Cc1cccc(NC(=O)CCN2CCC(C(=O)N3CCc4cc(C)c(C)cc4C3)CC2)c1. The van der Waals surface area contributed by atoms with Gasteiger partial charge in [-0.2, -0.15) is 0 Å². The predicted octanol–water partition coefficient (Wildman–Crippen LogP) is 4.24. The molecule has 4 rings (SSSR count). The normalized spacial score (nSPS) is 17.2. The van der Waals surface area contributed by atoms with Crippen LogP contribution in [0.4, 0.5) is 5.69 Å². The molecule has 170 valence electrons. The maximum absolute atomic E-state index is 13.2. The first-order valence-electron chi connectivity index (χ1n) is 11.9. The second-order valence-corrected chi connectivity index (χ2v) is 9.50. The summed E-state index contributed by atoms with van der Waals surface area (Å²) in [7, 11) is 0. The zero-order valence-corrected chi connectivity index (χ0v) is 19.6. The van der Waals surface area contributed by atoms with Gasteiger partial charge in [-0.3, -0.25) is 9.59 Å². The molecule has 2 aromatic carbocycles. The Bertz CT molecular complexity index is 992. The summed E-state index contributed by atoms with van der Waals surface area (Å²) >= 11 is 0. The van der Waals surface area contributed by atoms with Crippen molar-refractivity contribution in [2.24, 2.45) is 5.92 Å². The van der Waals surface area contributed by atoms with E-state index in [1.807, 2.05) is 31.2 Å². The van der Waals surface area contributed by atoms with Crippen LogP contribution in [0.1, 0.15) is 47.1 Å². The highest BCUT2D eigenvalue weighted by Crippen LogP contribution is 2.26. The summed E-state index contributed by atoms with van der Waals surface area (Å²) in [4.78, 5) is 29.8. The van der Waals surface area contributed by atoms with Gasteiger partial charge in [-0.25, -0.2) is 0 Å². The number of benzene rings is 2. The number of anilines is 1. The van der Waals surface area contributed by atoms with Gasteiger partial charge in [0, 0.05) is 37.7 Å². The van der Waals surface area contributed by atoms with Crippen molar-refractivity contribution < 1.29 is 9.59 Å². The molecule has 32 heavy (non-hydrogen) atoms. The number of aryl methyl sites for hydroxylation is 3. The second-order valence-electron chi connectivity index (χ2n) is 9.50. The number of carbonyl (C=O) groups excluding carboxylic acids is 2. The van der Waals surface area contributed by atoms with Crippen LogP contribution in [0, 0.1) is 26.7 Å². The molecule has 0 spiro atoms. The molecule has 0 bridgehead atoms. The highest BCUT2D eigenvalue weighted by molar-refractivity contribution is 5.90. The van der Waals surface area contributed by atoms with E-state index in [0.717, 1.165) is 63.2 Å². The van der Waals surface area contributed by atoms with Gasteiger partial charge in [0.15, 0.2) is 0 Å². The van der Waals surface area contributed by atoms with Crippen molar-refractivity contribution in [2.45, 2.75) is 53.0 Å². The summed E-state index contributed by atoms with van der Waals surface area (Å²) in [5, 5.41) is 2.98. The monoisotopic (exact) mass is 433 g/mol. The van der Waals surface area contributed by atoms with E-state index in [1.54, 1.807) is 0 Å². The van der Waals surface area contributed by atoms with Crippen molar-refractivity contribution in [3.05, 3.63) is 64.2 Å². The molecule has 0 unspecified atom stereocenters. The molecule has 2 aliphatic rings. The molecule has 1 N–H and O–H groups in total. The van der Waals surface area contributed by atoms with Crippen LogP contribution in [0.5, 0.6) is 0 Å². The van der Waals surface area contributed by atoms with Crippen molar-refractivity contribution in [3.8, 4) is 0 Å². The largest absolute Gasteiger partial charge is 0.338 e. The number of hydrogen-bond donors (Lipinski definition) is 1. The molecule has 2 aliphatic heterocycles. The fourth-order valence-corrected chi connectivity index (χ4v) is 4.91. The Morgan fingerprint density at radius 2 is 1.69 bits per heavy atom. The summed E-state index contributed by atoms with van der Waals surface area (Å²) < 4.78 is 0.